The summed E-state index contributed by atoms with van der Waals surface area (Å²) in [6, 6.07) is 0. The van der Waals surface area contributed by atoms with Crippen LogP contribution in [0.3, 0.4) is 0 Å². The zero-order valence-electron chi connectivity index (χ0n) is 13.2. The Morgan fingerprint density at radius 3 is 2.38 bits per heavy atom. The molecule has 0 aromatic carbocycles. The Kier molecular flexibility index (Phi) is 4.68. The van der Waals surface area contributed by atoms with Crippen LogP contribution in [0.1, 0.15) is 52.0 Å². The molecule has 1 aromatic rings. The van der Waals surface area contributed by atoms with Gasteiger partial charge in [0.15, 0.2) is 0 Å². The summed E-state index contributed by atoms with van der Waals surface area (Å²) >= 11 is 0. The first kappa shape index (κ1) is 16.0. The van der Waals surface area contributed by atoms with Crippen LogP contribution in [0.25, 0.3) is 0 Å². The molecule has 6 nitrogen and oxygen atoms in total. The number of nitrogens with two attached hydrogens (primary N) is 1. The predicted octanol–water partition coefficient (Wildman–Crippen LogP) is 2.07. The van der Waals surface area contributed by atoms with Crippen molar-refractivity contribution in [1.29, 1.82) is 0 Å². The van der Waals surface area contributed by atoms with Crippen LogP contribution in [0.5, 0.6) is 0 Å². The summed E-state index contributed by atoms with van der Waals surface area (Å²) in [6.07, 6.45) is 5.98. The van der Waals surface area contributed by atoms with Gasteiger partial charge in [-0.1, -0.05) is 20.8 Å². The van der Waals surface area contributed by atoms with Crippen LogP contribution in [0.4, 0.5) is 11.6 Å². The third-order valence-electron chi connectivity index (χ3n) is 4.55. The Hall–Kier alpha value is -1.40. The van der Waals surface area contributed by atoms with Gasteiger partial charge in [-0.15, -0.1) is 0 Å². The average molecular weight is 293 g/mol. The zero-order valence-corrected chi connectivity index (χ0v) is 13.2. The van der Waals surface area contributed by atoms with Crippen LogP contribution in [0, 0.1) is 5.41 Å². The molecule has 0 aliphatic heterocycles. The molecule has 5 N–H and O–H groups in total. The van der Waals surface area contributed by atoms with E-state index >= 15 is 0 Å². The highest BCUT2D eigenvalue weighted by molar-refractivity contribution is 5.56. The van der Waals surface area contributed by atoms with Gasteiger partial charge in [0.25, 0.3) is 0 Å². The van der Waals surface area contributed by atoms with E-state index in [2.05, 4.69) is 34.6 Å². The number of rotatable bonds is 5. The number of aromatic nitrogens is 2. The summed E-state index contributed by atoms with van der Waals surface area (Å²) in [5.74, 6) is 6.85. The number of nitrogen functional groups attached to an aromatic ring is 1. The molecule has 0 spiro atoms. The second kappa shape index (κ2) is 6.15. The molecule has 1 heterocycles. The second-order valence-corrected chi connectivity index (χ2v) is 6.79. The van der Waals surface area contributed by atoms with Crippen LogP contribution >= 0.6 is 0 Å². The quantitative estimate of drug-likeness (QED) is 0.490. The number of anilines is 2. The maximum Gasteiger partial charge on any atom is 0.148 e. The summed E-state index contributed by atoms with van der Waals surface area (Å²) in [5.41, 5.74) is 3.22. The minimum atomic E-state index is -0.651. The van der Waals surface area contributed by atoms with Crippen molar-refractivity contribution in [2.45, 2.75) is 58.5 Å². The highest BCUT2D eigenvalue weighted by atomic mass is 16.3. The Labute approximate surface area is 126 Å². The normalized spacial score (nSPS) is 20.0. The molecule has 1 aliphatic rings. The Balaban J connectivity index is 2.03. The Morgan fingerprint density at radius 2 is 1.81 bits per heavy atom. The van der Waals surface area contributed by atoms with Crippen molar-refractivity contribution in [3.05, 3.63) is 11.9 Å². The van der Waals surface area contributed by atoms with E-state index in [0.29, 0.717) is 17.8 Å². The summed E-state index contributed by atoms with van der Waals surface area (Å²) < 4.78 is 0. The number of hydrogen-bond acceptors (Lipinski definition) is 6. The molecule has 0 saturated heterocycles. The summed E-state index contributed by atoms with van der Waals surface area (Å²) in [4.78, 5) is 8.38. The van der Waals surface area contributed by atoms with Gasteiger partial charge in [-0.05, 0) is 37.5 Å². The highest BCUT2D eigenvalue weighted by Gasteiger charge is 2.36. The molecule has 1 fully saturated rings. The molecule has 1 aliphatic carbocycles. The van der Waals surface area contributed by atoms with E-state index in [1.54, 1.807) is 0 Å². The van der Waals surface area contributed by atoms with Crippen molar-refractivity contribution >= 4 is 11.6 Å². The van der Waals surface area contributed by atoms with Crippen LogP contribution in [-0.4, -0.2) is 27.2 Å². The fourth-order valence-electron chi connectivity index (χ4n) is 2.84. The minimum absolute atomic E-state index is 0.340. The number of nitrogens with one attached hydrogen (secondary N) is 2. The summed E-state index contributed by atoms with van der Waals surface area (Å²) in [6.45, 7) is 7.07. The second-order valence-electron chi connectivity index (χ2n) is 6.79. The largest absolute Gasteiger partial charge is 0.388 e. The molecule has 6 heteroatoms. The number of nitrogens with zero attached hydrogens (tertiary/aromatic N) is 2. The maximum absolute atomic E-state index is 10.7. The fourth-order valence-corrected chi connectivity index (χ4v) is 2.84. The van der Waals surface area contributed by atoms with Gasteiger partial charge in [-0.3, -0.25) is 0 Å². The van der Waals surface area contributed by atoms with Gasteiger partial charge in [0.05, 0.1) is 5.60 Å². The van der Waals surface area contributed by atoms with E-state index in [4.69, 9.17) is 5.84 Å². The van der Waals surface area contributed by atoms with Gasteiger partial charge in [0, 0.05) is 12.1 Å². The van der Waals surface area contributed by atoms with Crippen molar-refractivity contribution < 1.29 is 5.11 Å². The first-order valence-corrected chi connectivity index (χ1v) is 7.66. The molecular formula is C15H27N5O. The number of aliphatic hydroxyl groups is 1. The van der Waals surface area contributed by atoms with Crippen molar-refractivity contribution in [2.24, 2.45) is 11.3 Å². The first-order chi connectivity index (χ1) is 9.89. The van der Waals surface area contributed by atoms with E-state index < -0.39 is 5.60 Å². The topological polar surface area (TPSA) is 96.1 Å². The molecular weight excluding hydrogens is 266 g/mol. The van der Waals surface area contributed by atoms with Crippen LogP contribution in [0.15, 0.2) is 6.33 Å². The van der Waals surface area contributed by atoms with E-state index in [0.717, 1.165) is 43.5 Å². The fraction of sp³-hybridized carbons (Fsp3) is 0.733. The van der Waals surface area contributed by atoms with E-state index in [1.165, 1.54) is 6.33 Å². The summed E-state index contributed by atoms with van der Waals surface area (Å²) in [7, 11) is 0. The van der Waals surface area contributed by atoms with Crippen molar-refractivity contribution in [1.82, 2.24) is 9.97 Å². The third kappa shape index (κ3) is 3.83. The van der Waals surface area contributed by atoms with Gasteiger partial charge < -0.3 is 15.8 Å². The molecule has 0 bridgehead atoms. The smallest absolute Gasteiger partial charge is 0.148 e. The van der Waals surface area contributed by atoms with Crippen LogP contribution < -0.4 is 16.6 Å². The molecule has 0 atom stereocenters. The van der Waals surface area contributed by atoms with E-state index in [1.807, 2.05) is 6.92 Å². The lowest BCUT2D eigenvalue weighted by molar-refractivity contribution is -0.0146. The van der Waals surface area contributed by atoms with Crippen molar-refractivity contribution in [3.8, 4) is 0 Å². The Morgan fingerprint density at radius 1 is 1.19 bits per heavy atom. The van der Waals surface area contributed by atoms with Gasteiger partial charge in [-0.2, -0.15) is 0 Å². The van der Waals surface area contributed by atoms with E-state index in [9.17, 15) is 5.11 Å². The molecule has 2 rings (SSSR count). The number of hydrogen-bond donors (Lipinski definition) is 4. The average Bonchev–Trinajstić information content (AvgIpc) is 2.48. The van der Waals surface area contributed by atoms with Crippen molar-refractivity contribution in [3.63, 3.8) is 0 Å². The molecule has 118 valence electrons. The molecule has 1 aromatic heterocycles. The van der Waals surface area contributed by atoms with Crippen molar-refractivity contribution in [2.75, 3.05) is 17.3 Å². The standard InChI is InChI=1S/C15H27N5O/c1-4-11-12(18-10-19-13(11)20-16)17-9-15(21)7-5-14(2,3)6-8-15/h10,21H,4-9,16H2,1-3H3,(H2,17,18,19,20). The molecule has 1 saturated carbocycles. The maximum atomic E-state index is 10.7. The monoisotopic (exact) mass is 293 g/mol. The molecule has 0 unspecified atom stereocenters. The summed E-state index contributed by atoms with van der Waals surface area (Å²) in [5, 5.41) is 14.0. The number of hydrazine groups is 1. The lowest BCUT2D eigenvalue weighted by atomic mass is 9.71. The molecule has 21 heavy (non-hydrogen) atoms. The van der Waals surface area contributed by atoms with Gasteiger partial charge in [0.2, 0.25) is 0 Å². The van der Waals surface area contributed by atoms with Gasteiger partial charge in [-0.25, -0.2) is 15.8 Å². The van der Waals surface area contributed by atoms with Gasteiger partial charge in [0.1, 0.15) is 18.0 Å². The molecule has 0 radical (unpaired) electrons. The lowest BCUT2D eigenvalue weighted by Crippen LogP contribution is -2.42. The van der Waals surface area contributed by atoms with Crippen LogP contribution in [-0.2, 0) is 6.42 Å². The predicted molar refractivity (Wildman–Crippen MR) is 84.9 cm³/mol. The highest BCUT2D eigenvalue weighted by Crippen LogP contribution is 2.40. The van der Waals surface area contributed by atoms with Crippen LogP contribution in [0.2, 0.25) is 0 Å². The van der Waals surface area contributed by atoms with Gasteiger partial charge >= 0.3 is 0 Å². The lowest BCUT2D eigenvalue weighted by Gasteiger charge is -2.40. The minimum Gasteiger partial charge on any atom is -0.388 e. The zero-order chi connectivity index (χ0) is 15.5. The SMILES string of the molecule is CCc1c(NN)ncnc1NCC1(O)CCC(C)(C)CC1. The van der Waals surface area contributed by atoms with E-state index in [-0.39, 0.29) is 0 Å². The first-order valence-electron chi connectivity index (χ1n) is 7.66. The molecule has 0 amide bonds. The third-order valence-corrected chi connectivity index (χ3v) is 4.55. The Bertz CT molecular complexity index is 479.